The SMILES string of the molecule is CCOC(=O)c1c(NC(=O)COc2ccc3c(=O)c(Oc4ccc5ccccc5c4)coc3c2)sc(C)c1C. The van der Waals surface area contributed by atoms with Crippen LogP contribution < -0.4 is 20.2 Å². The molecule has 0 aliphatic rings. The number of anilines is 1. The van der Waals surface area contributed by atoms with E-state index in [-0.39, 0.29) is 30.0 Å². The number of carbonyl (C=O) groups is 2. The first-order valence-corrected chi connectivity index (χ1v) is 13.1. The number of hydrogen-bond acceptors (Lipinski definition) is 8. The van der Waals surface area contributed by atoms with Gasteiger partial charge in [-0.05, 0) is 61.4 Å². The second kappa shape index (κ2) is 11.0. The number of carbonyl (C=O) groups excluding carboxylic acids is 2. The molecule has 0 saturated heterocycles. The number of amides is 1. The fraction of sp³-hybridized carbons (Fsp3) is 0.167. The van der Waals surface area contributed by atoms with Crippen molar-refractivity contribution in [2.45, 2.75) is 20.8 Å². The smallest absolute Gasteiger partial charge is 0.341 e. The summed E-state index contributed by atoms with van der Waals surface area (Å²) in [6, 6.07) is 18.1. The highest BCUT2D eigenvalue weighted by molar-refractivity contribution is 7.16. The Hall–Kier alpha value is -4.63. The van der Waals surface area contributed by atoms with Crippen LogP contribution in [0, 0.1) is 13.8 Å². The summed E-state index contributed by atoms with van der Waals surface area (Å²) < 4.78 is 22.2. The number of fused-ring (bicyclic) bond motifs is 2. The zero-order valence-electron chi connectivity index (χ0n) is 21.5. The molecule has 5 aromatic rings. The van der Waals surface area contributed by atoms with Gasteiger partial charge in [0.2, 0.25) is 11.2 Å². The average Bonchev–Trinajstić information content (AvgIpc) is 3.21. The topological polar surface area (TPSA) is 104 Å². The van der Waals surface area contributed by atoms with Crippen molar-refractivity contribution in [2.75, 3.05) is 18.5 Å². The lowest BCUT2D eigenvalue weighted by Gasteiger charge is -2.10. The number of thiophene rings is 1. The van der Waals surface area contributed by atoms with Crippen LogP contribution in [0.1, 0.15) is 27.7 Å². The van der Waals surface area contributed by atoms with E-state index in [2.05, 4.69) is 5.32 Å². The van der Waals surface area contributed by atoms with Crippen LogP contribution in [0.15, 0.2) is 76.1 Å². The predicted molar refractivity (Wildman–Crippen MR) is 150 cm³/mol. The monoisotopic (exact) mass is 543 g/mol. The number of hydrogen-bond donors (Lipinski definition) is 1. The molecule has 198 valence electrons. The average molecular weight is 544 g/mol. The first kappa shape index (κ1) is 26.0. The minimum absolute atomic E-state index is 0.0600. The van der Waals surface area contributed by atoms with Crippen molar-refractivity contribution < 1.29 is 28.2 Å². The van der Waals surface area contributed by atoms with Gasteiger partial charge in [-0.25, -0.2) is 4.79 Å². The van der Waals surface area contributed by atoms with Crippen LogP contribution in [0.3, 0.4) is 0 Å². The van der Waals surface area contributed by atoms with E-state index in [1.54, 1.807) is 25.1 Å². The molecule has 0 atom stereocenters. The Bertz CT molecular complexity index is 1770. The standard InChI is InChI=1S/C30H25NO7S/c1-4-35-30(34)27-17(2)18(3)39-29(27)31-26(32)16-36-21-11-12-23-24(14-21)37-15-25(28(23)33)38-22-10-9-19-7-5-6-8-20(19)13-22/h5-15H,4,16H2,1-3H3,(H,31,32). The summed E-state index contributed by atoms with van der Waals surface area (Å²) in [7, 11) is 0. The summed E-state index contributed by atoms with van der Waals surface area (Å²) in [6.45, 7) is 5.33. The molecule has 39 heavy (non-hydrogen) atoms. The van der Waals surface area contributed by atoms with E-state index < -0.39 is 11.9 Å². The van der Waals surface area contributed by atoms with Gasteiger partial charge in [-0.2, -0.15) is 0 Å². The third-order valence-electron chi connectivity index (χ3n) is 6.15. The van der Waals surface area contributed by atoms with Crippen LogP contribution in [0.4, 0.5) is 5.00 Å². The number of aryl methyl sites for hydroxylation is 1. The molecular weight excluding hydrogens is 518 g/mol. The molecular formula is C30H25NO7S. The summed E-state index contributed by atoms with van der Waals surface area (Å²) in [4.78, 5) is 38.9. The van der Waals surface area contributed by atoms with Crippen LogP contribution >= 0.6 is 11.3 Å². The number of benzene rings is 3. The van der Waals surface area contributed by atoms with E-state index in [4.69, 9.17) is 18.6 Å². The van der Waals surface area contributed by atoms with Gasteiger partial charge in [-0.15, -0.1) is 11.3 Å². The summed E-state index contributed by atoms with van der Waals surface area (Å²) in [6.07, 6.45) is 1.26. The molecule has 5 rings (SSSR count). The highest BCUT2D eigenvalue weighted by atomic mass is 32.1. The maximum Gasteiger partial charge on any atom is 0.341 e. The molecule has 0 radical (unpaired) electrons. The number of ether oxygens (including phenoxy) is 3. The Balaban J connectivity index is 1.28. The van der Waals surface area contributed by atoms with Crippen molar-refractivity contribution in [1.29, 1.82) is 0 Å². The first-order chi connectivity index (χ1) is 18.8. The lowest BCUT2D eigenvalue weighted by atomic mass is 10.1. The number of esters is 1. The molecule has 0 unspecified atom stereocenters. The molecule has 0 fully saturated rings. The predicted octanol–water partition coefficient (Wildman–Crippen LogP) is 6.61. The fourth-order valence-electron chi connectivity index (χ4n) is 4.08. The summed E-state index contributed by atoms with van der Waals surface area (Å²) in [5, 5.41) is 5.52. The van der Waals surface area contributed by atoms with Crippen molar-refractivity contribution in [2.24, 2.45) is 0 Å². The number of rotatable bonds is 8. The van der Waals surface area contributed by atoms with E-state index >= 15 is 0 Å². The second-order valence-electron chi connectivity index (χ2n) is 8.74. The lowest BCUT2D eigenvalue weighted by Crippen LogP contribution is -2.21. The Labute approximate surface area is 227 Å². The van der Waals surface area contributed by atoms with Crippen molar-refractivity contribution in [1.82, 2.24) is 0 Å². The van der Waals surface area contributed by atoms with Gasteiger partial charge in [0.1, 0.15) is 28.3 Å². The summed E-state index contributed by atoms with van der Waals surface area (Å²) >= 11 is 1.30. The van der Waals surface area contributed by atoms with Crippen LogP contribution in [-0.2, 0) is 9.53 Å². The molecule has 8 nitrogen and oxygen atoms in total. The molecule has 0 saturated carbocycles. The molecule has 0 bridgehead atoms. The maximum absolute atomic E-state index is 13.0. The molecule has 1 N–H and O–H groups in total. The van der Waals surface area contributed by atoms with E-state index in [0.717, 1.165) is 21.2 Å². The van der Waals surface area contributed by atoms with Gasteiger partial charge in [0.05, 0.1) is 17.6 Å². The normalized spacial score (nSPS) is 10.9. The van der Waals surface area contributed by atoms with E-state index in [0.29, 0.717) is 27.4 Å². The van der Waals surface area contributed by atoms with E-state index in [9.17, 15) is 14.4 Å². The Morgan fingerprint density at radius 3 is 2.54 bits per heavy atom. The quantitative estimate of drug-likeness (QED) is 0.220. The lowest BCUT2D eigenvalue weighted by molar-refractivity contribution is -0.118. The molecule has 2 aromatic heterocycles. The maximum atomic E-state index is 13.0. The third kappa shape index (κ3) is 5.49. The van der Waals surface area contributed by atoms with E-state index in [1.807, 2.05) is 50.2 Å². The molecule has 3 aromatic carbocycles. The van der Waals surface area contributed by atoms with Crippen LogP contribution in [0.5, 0.6) is 17.2 Å². The fourth-order valence-corrected chi connectivity index (χ4v) is 5.15. The third-order valence-corrected chi connectivity index (χ3v) is 7.27. The summed E-state index contributed by atoms with van der Waals surface area (Å²) in [5.41, 5.74) is 1.08. The molecule has 2 heterocycles. The molecule has 0 spiro atoms. The van der Waals surface area contributed by atoms with E-state index in [1.165, 1.54) is 23.7 Å². The minimum Gasteiger partial charge on any atom is -0.484 e. The van der Waals surface area contributed by atoms with Crippen molar-refractivity contribution in [3.8, 4) is 17.2 Å². The van der Waals surface area contributed by atoms with Gasteiger partial charge in [0.15, 0.2) is 6.61 Å². The Kier molecular flexibility index (Phi) is 7.33. The van der Waals surface area contributed by atoms with Crippen molar-refractivity contribution in [3.05, 3.63) is 93.2 Å². The molecule has 0 aliphatic carbocycles. The highest BCUT2D eigenvalue weighted by Gasteiger charge is 2.22. The second-order valence-corrected chi connectivity index (χ2v) is 9.97. The molecule has 0 aliphatic heterocycles. The van der Waals surface area contributed by atoms with Crippen LogP contribution in [0.2, 0.25) is 0 Å². The van der Waals surface area contributed by atoms with Gasteiger partial charge >= 0.3 is 5.97 Å². The van der Waals surface area contributed by atoms with Crippen LogP contribution in [0.25, 0.3) is 21.7 Å². The highest BCUT2D eigenvalue weighted by Crippen LogP contribution is 2.33. The molecule has 1 amide bonds. The van der Waals surface area contributed by atoms with Gasteiger partial charge in [0, 0.05) is 10.9 Å². The van der Waals surface area contributed by atoms with Crippen LogP contribution in [-0.4, -0.2) is 25.1 Å². The number of nitrogens with one attached hydrogen (secondary N) is 1. The molecule has 9 heteroatoms. The van der Waals surface area contributed by atoms with Gasteiger partial charge in [-0.1, -0.05) is 30.3 Å². The van der Waals surface area contributed by atoms with Crippen molar-refractivity contribution in [3.63, 3.8) is 0 Å². The minimum atomic E-state index is -0.482. The zero-order valence-corrected chi connectivity index (χ0v) is 22.3. The van der Waals surface area contributed by atoms with Crippen molar-refractivity contribution >= 4 is 50.0 Å². The largest absolute Gasteiger partial charge is 0.484 e. The Morgan fingerprint density at radius 2 is 1.74 bits per heavy atom. The summed E-state index contributed by atoms with van der Waals surface area (Å²) in [5.74, 6) is -0.00181. The van der Waals surface area contributed by atoms with Gasteiger partial charge < -0.3 is 23.9 Å². The Morgan fingerprint density at radius 1 is 0.974 bits per heavy atom. The zero-order chi connectivity index (χ0) is 27.5. The van der Waals surface area contributed by atoms with Gasteiger partial charge in [-0.3, -0.25) is 9.59 Å². The first-order valence-electron chi connectivity index (χ1n) is 12.3. The van der Waals surface area contributed by atoms with Gasteiger partial charge in [0.25, 0.3) is 5.91 Å².